The molecule has 0 saturated heterocycles. The zero-order valence-electron chi connectivity index (χ0n) is 8.79. The number of aromatic nitrogens is 3. The Morgan fingerprint density at radius 3 is 2.33 bits per heavy atom. The van der Waals surface area contributed by atoms with Gasteiger partial charge in [-0.2, -0.15) is 13.4 Å². The lowest BCUT2D eigenvalue weighted by Gasteiger charge is -2.04. The second-order valence-electron chi connectivity index (χ2n) is 3.22. The first-order valence-electron chi connectivity index (χ1n) is 4.58. The number of non-ortho nitro benzene ring substituents is 1. The minimum Gasteiger partial charge on any atom is -0.367 e. The fraction of sp³-hybridized carbons (Fsp3) is 0. The van der Waals surface area contributed by atoms with Crippen molar-refractivity contribution >= 4 is 21.7 Å². The summed E-state index contributed by atoms with van der Waals surface area (Å²) in [5, 5.41) is 13.9. The van der Waals surface area contributed by atoms with Crippen molar-refractivity contribution in [3.63, 3.8) is 0 Å². The molecule has 2 aromatic rings. The predicted octanol–water partition coefficient (Wildman–Crippen LogP) is 0.00550. The molecule has 0 fully saturated rings. The Balaban J connectivity index is 2.49. The van der Waals surface area contributed by atoms with Gasteiger partial charge in [0.25, 0.3) is 15.7 Å². The van der Waals surface area contributed by atoms with E-state index in [2.05, 4.69) is 10.1 Å². The van der Waals surface area contributed by atoms with Gasteiger partial charge in [-0.05, 0) is 12.1 Å². The Morgan fingerprint density at radius 2 is 1.89 bits per heavy atom. The second kappa shape index (κ2) is 4.07. The molecule has 1 aromatic heterocycles. The van der Waals surface area contributed by atoms with E-state index < -0.39 is 14.9 Å². The quantitative estimate of drug-likeness (QED) is 0.612. The van der Waals surface area contributed by atoms with Crippen LogP contribution in [0.25, 0.3) is 0 Å². The smallest absolute Gasteiger partial charge is 0.286 e. The molecule has 0 amide bonds. The van der Waals surface area contributed by atoms with Crippen molar-refractivity contribution in [2.45, 2.75) is 4.90 Å². The van der Waals surface area contributed by atoms with Gasteiger partial charge < -0.3 is 5.73 Å². The average Bonchev–Trinajstić information content (AvgIpc) is 2.76. The van der Waals surface area contributed by atoms with Gasteiger partial charge >= 0.3 is 0 Å². The van der Waals surface area contributed by atoms with E-state index in [0.29, 0.717) is 4.09 Å². The van der Waals surface area contributed by atoms with Crippen LogP contribution in [0.1, 0.15) is 0 Å². The predicted molar refractivity (Wildman–Crippen MR) is 60.1 cm³/mol. The van der Waals surface area contributed by atoms with Crippen molar-refractivity contribution in [1.82, 2.24) is 14.2 Å². The van der Waals surface area contributed by atoms with Crippen LogP contribution in [0, 0.1) is 10.1 Å². The summed E-state index contributed by atoms with van der Waals surface area (Å²) in [6.45, 7) is 0. The monoisotopic (exact) mass is 269 g/mol. The van der Waals surface area contributed by atoms with Gasteiger partial charge in [0.2, 0.25) is 5.95 Å². The molecule has 94 valence electrons. The first kappa shape index (κ1) is 12.0. The van der Waals surface area contributed by atoms with Crippen molar-refractivity contribution in [3.8, 4) is 0 Å². The highest BCUT2D eigenvalue weighted by atomic mass is 32.2. The Bertz CT molecular complexity index is 691. The Morgan fingerprint density at radius 1 is 1.28 bits per heavy atom. The number of hydrogen-bond donors (Lipinski definition) is 1. The molecule has 1 heterocycles. The van der Waals surface area contributed by atoms with Crippen LogP contribution in [-0.4, -0.2) is 27.5 Å². The summed E-state index contributed by atoms with van der Waals surface area (Å²) in [5.41, 5.74) is 5.14. The maximum atomic E-state index is 12.0. The summed E-state index contributed by atoms with van der Waals surface area (Å²) in [6.07, 6.45) is 0.998. The van der Waals surface area contributed by atoms with Gasteiger partial charge in [0.1, 0.15) is 6.33 Å². The standard InChI is InChI=1S/C8H7N5O4S/c9-8-10-5-11-12(8)18(16,17)7-3-1-6(2-4-7)13(14)15/h1-5H,(H2,9,10,11). The fourth-order valence-corrected chi connectivity index (χ4v) is 2.40. The highest BCUT2D eigenvalue weighted by Crippen LogP contribution is 2.18. The maximum Gasteiger partial charge on any atom is 0.286 e. The number of nitro benzene ring substituents is 1. The molecule has 10 heteroatoms. The number of rotatable bonds is 3. The van der Waals surface area contributed by atoms with E-state index in [9.17, 15) is 18.5 Å². The van der Waals surface area contributed by atoms with E-state index in [-0.39, 0.29) is 16.5 Å². The molecule has 0 atom stereocenters. The lowest BCUT2D eigenvalue weighted by Crippen LogP contribution is -2.17. The van der Waals surface area contributed by atoms with Crippen LogP contribution >= 0.6 is 0 Å². The third-order valence-corrected chi connectivity index (χ3v) is 3.72. The molecule has 0 aliphatic heterocycles. The summed E-state index contributed by atoms with van der Waals surface area (Å²) in [5.74, 6) is -0.284. The Hall–Kier alpha value is -2.49. The van der Waals surface area contributed by atoms with Crippen LogP contribution in [0.15, 0.2) is 35.5 Å². The van der Waals surface area contributed by atoms with Gasteiger partial charge in [0.05, 0.1) is 9.82 Å². The minimum absolute atomic E-state index is 0.162. The second-order valence-corrected chi connectivity index (χ2v) is 4.98. The highest BCUT2D eigenvalue weighted by molar-refractivity contribution is 7.90. The molecule has 0 radical (unpaired) electrons. The van der Waals surface area contributed by atoms with Gasteiger partial charge in [-0.1, -0.05) is 0 Å². The number of hydrogen-bond acceptors (Lipinski definition) is 7. The molecule has 0 bridgehead atoms. The van der Waals surface area contributed by atoms with E-state index in [1.807, 2.05) is 0 Å². The summed E-state index contributed by atoms with van der Waals surface area (Å²) in [4.78, 5) is 13.2. The Kier molecular flexibility index (Phi) is 2.71. The summed E-state index contributed by atoms with van der Waals surface area (Å²) in [7, 11) is -3.97. The number of nitro groups is 1. The van der Waals surface area contributed by atoms with E-state index in [1.54, 1.807) is 0 Å². The van der Waals surface area contributed by atoms with Crippen LogP contribution in [0.5, 0.6) is 0 Å². The topological polar surface area (TPSA) is 134 Å². The molecule has 2 rings (SSSR count). The van der Waals surface area contributed by atoms with Crippen LogP contribution in [0.2, 0.25) is 0 Å². The summed E-state index contributed by atoms with van der Waals surface area (Å²) >= 11 is 0. The highest BCUT2D eigenvalue weighted by Gasteiger charge is 2.21. The van der Waals surface area contributed by atoms with Crippen LogP contribution in [-0.2, 0) is 10.0 Å². The third-order valence-electron chi connectivity index (χ3n) is 2.12. The molecule has 0 unspecified atom stereocenters. The minimum atomic E-state index is -3.97. The summed E-state index contributed by atoms with van der Waals surface area (Å²) in [6, 6.07) is 4.38. The van der Waals surface area contributed by atoms with Crippen molar-refractivity contribution in [3.05, 3.63) is 40.7 Å². The molecule has 1 aromatic carbocycles. The molecule has 0 aliphatic carbocycles. The molecular formula is C8H7N5O4S. The molecule has 18 heavy (non-hydrogen) atoms. The van der Waals surface area contributed by atoms with E-state index in [4.69, 9.17) is 5.73 Å². The Labute approximate surface area is 101 Å². The first-order chi connectivity index (χ1) is 8.43. The normalized spacial score (nSPS) is 11.3. The number of anilines is 1. The van der Waals surface area contributed by atoms with Crippen molar-refractivity contribution in [1.29, 1.82) is 0 Å². The van der Waals surface area contributed by atoms with Crippen LogP contribution in [0.3, 0.4) is 0 Å². The summed E-state index contributed by atoms with van der Waals surface area (Å²) < 4.78 is 24.6. The van der Waals surface area contributed by atoms with Gasteiger partial charge in [-0.25, -0.2) is 0 Å². The molecule has 9 nitrogen and oxygen atoms in total. The lowest BCUT2D eigenvalue weighted by molar-refractivity contribution is -0.384. The SMILES string of the molecule is Nc1ncnn1S(=O)(=O)c1ccc([N+](=O)[O-])cc1. The van der Waals surface area contributed by atoms with Gasteiger partial charge in [0, 0.05) is 12.1 Å². The largest absolute Gasteiger partial charge is 0.367 e. The van der Waals surface area contributed by atoms with Gasteiger partial charge in [0.15, 0.2) is 0 Å². The molecule has 2 N–H and O–H groups in total. The zero-order chi connectivity index (χ0) is 13.3. The van der Waals surface area contributed by atoms with Crippen molar-refractivity contribution in [2.24, 2.45) is 0 Å². The number of nitrogen functional groups attached to an aromatic ring is 1. The van der Waals surface area contributed by atoms with Crippen LogP contribution in [0.4, 0.5) is 11.6 Å². The maximum absolute atomic E-state index is 12.0. The molecule has 0 aliphatic rings. The number of nitrogens with two attached hydrogens (primary N) is 1. The van der Waals surface area contributed by atoms with E-state index >= 15 is 0 Å². The van der Waals surface area contributed by atoms with Crippen LogP contribution < -0.4 is 5.73 Å². The van der Waals surface area contributed by atoms with Gasteiger partial charge in [-0.15, -0.1) is 9.19 Å². The average molecular weight is 269 g/mol. The van der Waals surface area contributed by atoms with Gasteiger partial charge in [-0.3, -0.25) is 10.1 Å². The number of benzene rings is 1. The van der Waals surface area contributed by atoms with E-state index in [0.717, 1.165) is 30.6 Å². The zero-order valence-corrected chi connectivity index (χ0v) is 9.61. The van der Waals surface area contributed by atoms with Crippen molar-refractivity contribution in [2.75, 3.05) is 5.73 Å². The first-order valence-corrected chi connectivity index (χ1v) is 6.02. The lowest BCUT2D eigenvalue weighted by atomic mass is 10.3. The van der Waals surface area contributed by atoms with E-state index in [1.165, 1.54) is 0 Å². The fourth-order valence-electron chi connectivity index (χ4n) is 1.27. The number of nitrogens with zero attached hydrogens (tertiary/aromatic N) is 4. The molecule has 0 spiro atoms. The molecular weight excluding hydrogens is 262 g/mol. The van der Waals surface area contributed by atoms with Crippen molar-refractivity contribution < 1.29 is 13.3 Å². The third kappa shape index (κ3) is 1.88. The molecule has 0 saturated carbocycles.